The highest BCUT2D eigenvalue weighted by Crippen LogP contribution is 2.23. The monoisotopic (exact) mass is 328 g/mol. The molecule has 6 heteroatoms. The second-order valence-electron chi connectivity index (χ2n) is 4.28. The van der Waals surface area contributed by atoms with Crippen LogP contribution in [0.15, 0.2) is 36.5 Å². The predicted octanol–water partition coefficient (Wildman–Crippen LogP) is 4.31. The molecule has 0 radical (unpaired) electrons. The standard InChI is InChI=1S/C14H11Cl3N2O/c1-19(8-9-2-3-11(15)12(16)6-9)14(20)10-4-5-18-13(17)7-10/h2-7H,8H2,1H3. The Morgan fingerprint density at radius 3 is 2.55 bits per heavy atom. The predicted molar refractivity (Wildman–Crippen MR) is 81.5 cm³/mol. The van der Waals surface area contributed by atoms with Gasteiger partial charge in [-0.05, 0) is 29.8 Å². The Morgan fingerprint density at radius 1 is 1.15 bits per heavy atom. The number of carbonyl (C=O) groups is 1. The van der Waals surface area contributed by atoms with Gasteiger partial charge in [0.15, 0.2) is 0 Å². The minimum atomic E-state index is -0.139. The number of hydrogen-bond donors (Lipinski definition) is 0. The summed E-state index contributed by atoms with van der Waals surface area (Å²) in [7, 11) is 1.71. The Kier molecular flexibility index (Phi) is 4.86. The van der Waals surface area contributed by atoms with Crippen LogP contribution in [0.5, 0.6) is 0 Å². The van der Waals surface area contributed by atoms with Gasteiger partial charge in [0.25, 0.3) is 5.91 Å². The summed E-state index contributed by atoms with van der Waals surface area (Å²) in [6.07, 6.45) is 1.50. The van der Waals surface area contributed by atoms with Crippen LogP contribution in [-0.2, 0) is 6.54 Å². The molecule has 0 spiro atoms. The summed E-state index contributed by atoms with van der Waals surface area (Å²) in [5.74, 6) is -0.139. The Balaban J connectivity index is 2.13. The van der Waals surface area contributed by atoms with Crippen molar-refractivity contribution < 1.29 is 4.79 Å². The third-order valence-electron chi connectivity index (χ3n) is 2.72. The van der Waals surface area contributed by atoms with Crippen LogP contribution < -0.4 is 0 Å². The largest absolute Gasteiger partial charge is 0.337 e. The van der Waals surface area contributed by atoms with Gasteiger partial charge in [-0.3, -0.25) is 4.79 Å². The molecule has 2 rings (SSSR count). The van der Waals surface area contributed by atoms with E-state index in [0.717, 1.165) is 5.56 Å². The SMILES string of the molecule is CN(Cc1ccc(Cl)c(Cl)c1)C(=O)c1ccnc(Cl)c1. The minimum absolute atomic E-state index is 0.139. The number of benzene rings is 1. The fraction of sp³-hybridized carbons (Fsp3) is 0.143. The highest BCUT2D eigenvalue weighted by molar-refractivity contribution is 6.42. The molecule has 0 aliphatic rings. The molecule has 1 heterocycles. The van der Waals surface area contributed by atoms with Crippen molar-refractivity contribution in [3.05, 3.63) is 62.9 Å². The zero-order valence-electron chi connectivity index (χ0n) is 10.6. The van der Waals surface area contributed by atoms with Crippen molar-refractivity contribution in [3.63, 3.8) is 0 Å². The molecule has 0 fully saturated rings. The van der Waals surface area contributed by atoms with Gasteiger partial charge < -0.3 is 4.90 Å². The van der Waals surface area contributed by atoms with Crippen LogP contribution in [0.4, 0.5) is 0 Å². The second-order valence-corrected chi connectivity index (χ2v) is 5.48. The van der Waals surface area contributed by atoms with Gasteiger partial charge in [0.2, 0.25) is 0 Å². The molecular weight excluding hydrogens is 319 g/mol. The second kappa shape index (κ2) is 6.44. The Bertz CT molecular complexity index is 646. The molecule has 1 amide bonds. The zero-order valence-corrected chi connectivity index (χ0v) is 12.9. The first-order chi connectivity index (χ1) is 9.47. The van der Waals surface area contributed by atoms with E-state index in [1.54, 1.807) is 30.1 Å². The molecule has 0 saturated heterocycles. The molecule has 2 aromatic rings. The highest BCUT2D eigenvalue weighted by Gasteiger charge is 2.13. The molecule has 0 unspecified atom stereocenters. The van der Waals surface area contributed by atoms with Crippen LogP contribution in [0.2, 0.25) is 15.2 Å². The van der Waals surface area contributed by atoms with E-state index in [1.807, 2.05) is 6.07 Å². The molecule has 0 bridgehead atoms. The smallest absolute Gasteiger partial charge is 0.254 e. The highest BCUT2D eigenvalue weighted by atomic mass is 35.5. The van der Waals surface area contributed by atoms with E-state index in [0.29, 0.717) is 27.3 Å². The summed E-state index contributed by atoms with van der Waals surface area (Å²) in [6.45, 7) is 0.426. The first-order valence-electron chi connectivity index (χ1n) is 5.78. The van der Waals surface area contributed by atoms with Crippen molar-refractivity contribution in [3.8, 4) is 0 Å². The third kappa shape index (κ3) is 3.63. The van der Waals surface area contributed by atoms with Gasteiger partial charge >= 0.3 is 0 Å². The molecule has 3 nitrogen and oxygen atoms in total. The molecular formula is C14H11Cl3N2O. The molecule has 0 aliphatic carbocycles. The molecule has 0 atom stereocenters. The number of halogens is 3. The van der Waals surface area contributed by atoms with Crippen LogP contribution in [0.1, 0.15) is 15.9 Å². The fourth-order valence-corrected chi connectivity index (χ4v) is 2.23. The quantitative estimate of drug-likeness (QED) is 0.786. The van der Waals surface area contributed by atoms with Crippen molar-refractivity contribution in [1.82, 2.24) is 9.88 Å². The minimum Gasteiger partial charge on any atom is -0.337 e. The van der Waals surface area contributed by atoms with E-state index in [-0.39, 0.29) is 5.91 Å². The lowest BCUT2D eigenvalue weighted by molar-refractivity contribution is 0.0785. The Labute approximate surface area is 132 Å². The number of rotatable bonds is 3. The molecule has 1 aromatic carbocycles. The number of nitrogens with zero attached hydrogens (tertiary/aromatic N) is 2. The summed E-state index contributed by atoms with van der Waals surface area (Å²) in [4.78, 5) is 17.7. The topological polar surface area (TPSA) is 33.2 Å². The first-order valence-corrected chi connectivity index (χ1v) is 6.91. The lowest BCUT2D eigenvalue weighted by Crippen LogP contribution is -2.26. The van der Waals surface area contributed by atoms with E-state index in [1.165, 1.54) is 12.3 Å². The molecule has 20 heavy (non-hydrogen) atoms. The lowest BCUT2D eigenvalue weighted by Gasteiger charge is -2.17. The summed E-state index contributed by atoms with van der Waals surface area (Å²) < 4.78 is 0. The number of pyridine rings is 1. The lowest BCUT2D eigenvalue weighted by atomic mass is 10.2. The normalized spacial score (nSPS) is 10.4. The maximum absolute atomic E-state index is 12.2. The van der Waals surface area contributed by atoms with Gasteiger partial charge in [-0.25, -0.2) is 4.98 Å². The number of carbonyl (C=O) groups excluding carboxylic acids is 1. The summed E-state index contributed by atoms with van der Waals surface area (Å²) in [5.41, 5.74) is 1.39. The summed E-state index contributed by atoms with van der Waals surface area (Å²) in [6, 6.07) is 8.44. The van der Waals surface area contributed by atoms with E-state index < -0.39 is 0 Å². The van der Waals surface area contributed by atoms with E-state index >= 15 is 0 Å². The molecule has 104 valence electrons. The van der Waals surface area contributed by atoms with Crippen LogP contribution in [0.3, 0.4) is 0 Å². The molecule has 0 N–H and O–H groups in total. The number of amides is 1. The van der Waals surface area contributed by atoms with Gasteiger partial charge in [-0.1, -0.05) is 40.9 Å². The first kappa shape index (κ1) is 15.1. The number of hydrogen-bond acceptors (Lipinski definition) is 2. The van der Waals surface area contributed by atoms with E-state index in [9.17, 15) is 4.79 Å². The van der Waals surface area contributed by atoms with Crippen molar-refractivity contribution in [1.29, 1.82) is 0 Å². The van der Waals surface area contributed by atoms with Crippen LogP contribution in [0.25, 0.3) is 0 Å². The van der Waals surface area contributed by atoms with Crippen molar-refractivity contribution >= 4 is 40.7 Å². The summed E-state index contributed by atoms with van der Waals surface area (Å²) in [5, 5.41) is 1.25. The van der Waals surface area contributed by atoms with Crippen LogP contribution >= 0.6 is 34.8 Å². The average molecular weight is 330 g/mol. The maximum atomic E-state index is 12.2. The number of aromatic nitrogens is 1. The van der Waals surface area contributed by atoms with Crippen LogP contribution in [0, 0.1) is 0 Å². The summed E-state index contributed by atoms with van der Waals surface area (Å²) >= 11 is 17.6. The van der Waals surface area contributed by atoms with Crippen LogP contribution in [-0.4, -0.2) is 22.8 Å². The van der Waals surface area contributed by atoms with E-state index in [2.05, 4.69) is 4.98 Å². The van der Waals surface area contributed by atoms with E-state index in [4.69, 9.17) is 34.8 Å². The van der Waals surface area contributed by atoms with Gasteiger partial charge in [-0.15, -0.1) is 0 Å². The van der Waals surface area contributed by atoms with Gasteiger partial charge in [0.1, 0.15) is 5.15 Å². The van der Waals surface area contributed by atoms with Gasteiger partial charge in [-0.2, -0.15) is 0 Å². The van der Waals surface area contributed by atoms with Gasteiger partial charge in [0.05, 0.1) is 10.0 Å². The third-order valence-corrected chi connectivity index (χ3v) is 3.67. The van der Waals surface area contributed by atoms with Crippen molar-refractivity contribution in [2.24, 2.45) is 0 Å². The maximum Gasteiger partial charge on any atom is 0.254 e. The van der Waals surface area contributed by atoms with Gasteiger partial charge in [0, 0.05) is 25.4 Å². The average Bonchev–Trinajstić information content (AvgIpc) is 2.42. The Morgan fingerprint density at radius 2 is 1.90 bits per heavy atom. The molecule has 0 saturated carbocycles. The molecule has 1 aromatic heterocycles. The zero-order chi connectivity index (χ0) is 14.7. The van der Waals surface area contributed by atoms with Crippen molar-refractivity contribution in [2.75, 3.05) is 7.05 Å². The fourth-order valence-electron chi connectivity index (χ4n) is 1.74. The Hall–Kier alpha value is -1.29. The molecule has 0 aliphatic heterocycles. The van der Waals surface area contributed by atoms with Crippen molar-refractivity contribution in [2.45, 2.75) is 6.54 Å².